The molecule has 1 aliphatic rings. The van der Waals surface area contributed by atoms with Gasteiger partial charge in [-0.05, 0) is 20.3 Å². The van der Waals surface area contributed by atoms with E-state index in [2.05, 4.69) is 24.1 Å². The van der Waals surface area contributed by atoms with Crippen molar-refractivity contribution in [2.75, 3.05) is 13.1 Å². The molecular weight excluding hydrogens is 192 g/mol. The van der Waals surface area contributed by atoms with Crippen LogP contribution in [0.1, 0.15) is 33.6 Å². The first-order valence-corrected chi connectivity index (χ1v) is 5.78. The Labute approximate surface area is 91.6 Å². The number of nitrogens with zero attached hydrogens (tertiary/aromatic N) is 1. The second-order valence-electron chi connectivity index (χ2n) is 4.50. The summed E-state index contributed by atoms with van der Waals surface area (Å²) >= 11 is 0. The van der Waals surface area contributed by atoms with Crippen LogP contribution in [0.4, 0.5) is 0 Å². The number of hydrogen-bond donors (Lipinski definition) is 2. The molecule has 1 rings (SSSR count). The number of rotatable bonds is 4. The van der Waals surface area contributed by atoms with E-state index >= 15 is 0 Å². The van der Waals surface area contributed by atoms with Crippen LogP contribution < -0.4 is 5.32 Å². The highest BCUT2D eigenvalue weighted by molar-refractivity contribution is 5.73. The minimum absolute atomic E-state index is 0.311. The van der Waals surface area contributed by atoms with Gasteiger partial charge in [0.2, 0.25) is 0 Å². The lowest BCUT2D eigenvalue weighted by Gasteiger charge is -2.40. The third-order valence-corrected chi connectivity index (χ3v) is 3.06. The van der Waals surface area contributed by atoms with E-state index in [9.17, 15) is 9.90 Å². The van der Waals surface area contributed by atoms with Gasteiger partial charge in [-0.1, -0.05) is 13.3 Å². The molecule has 0 aromatic rings. The Kier molecular flexibility index (Phi) is 4.54. The predicted molar refractivity (Wildman–Crippen MR) is 60.0 cm³/mol. The molecule has 88 valence electrons. The number of carboxylic acids is 1. The molecule has 4 heteroatoms. The third-order valence-electron chi connectivity index (χ3n) is 3.06. The van der Waals surface area contributed by atoms with Crippen LogP contribution in [0.3, 0.4) is 0 Å². The lowest BCUT2D eigenvalue weighted by Crippen LogP contribution is -2.59. The van der Waals surface area contributed by atoms with Crippen molar-refractivity contribution in [3.05, 3.63) is 0 Å². The number of piperazine rings is 1. The van der Waals surface area contributed by atoms with Crippen LogP contribution in [0.25, 0.3) is 0 Å². The summed E-state index contributed by atoms with van der Waals surface area (Å²) in [7, 11) is 0. The minimum Gasteiger partial charge on any atom is -0.480 e. The molecule has 15 heavy (non-hydrogen) atoms. The molecule has 0 bridgehead atoms. The standard InChI is InChI=1S/C11H22N2O2/c1-4-5-10(11(14)15)13-7-8(2)12-6-9(13)3/h8-10,12H,4-7H2,1-3H3,(H,14,15). The van der Waals surface area contributed by atoms with Crippen LogP contribution in [0, 0.1) is 0 Å². The van der Waals surface area contributed by atoms with E-state index in [1.807, 2.05) is 6.92 Å². The van der Waals surface area contributed by atoms with E-state index in [0.717, 1.165) is 25.9 Å². The SMILES string of the molecule is CCCC(C(=O)O)N1CC(C)NCC1C. The van der Waals surface area contributed by atoms with Gasteiger partial charge in [-0.3, -0.25) is 9.69 Å². The van der Waals surface area contributed by atoms with E-state index in [1.165, 1.54) is 0 Å². The topological polar surface area (TPSA) is 52.6 Å². The molecule has 0 amide bonds. The molecule has 1 fully saturated rings. The van der Waals surface area contributed by atoms with E-state index in [0.29, 0.717) is 12.1 Å². The molecule has 0 saturated carbocycles. The zero-order chi connectivity index (χ0) is 11.4. The largest absolute Gasteiger partial charge is 0.480 e. The fourth-order valence-electron chi connectivity index (χ4n) is 2.19. The molecule has 0 radical (unpaired) electrons. The average molecular weight is 214 g/mol. The summed E-state index contributed by atoms with van der Waals surface area (Å²) in [5.41, 5.74) is 0. The number of carbonyl (C=O) groups is 1. The molecule has 1 aliphatic heterocycles. The van der Waals surface area contributed by atoms with Gasteiger partial charge >= 0.3 is 5.97 Å². The van der Waals surface area contributed by atoms with Crippen molar-refractivity contribution >= 4 is 5.97 Å². The number of aliphatic carboxylic acids is 1. The summed E-state index contributed by atoms with van der Waals surface area (Å²) in [5, 5.41) is 12.6. The van der Waals surface area contributed by atoms with Crippen LogP contribution >= 0.6 is 0 Å². The maximum atomic E-state index is 11.2. The van der Waals surface area contributed by atoms with Gasteiger partial charge in [0, 0.05) is 25.2 Å². The van der Waals surface area contributed by atoms with E-state index in [-0.39, 0.29) is 6.04 Å². The second kappa shape index (κ2) is 5.47. The first-order chi connectivity index (χ1) is 7.06. The van der Waals surface area contributed by atoms with Crippen molar-refractivity contribution in [1.82, 2.24) is 10.2 Å². The Morgan fingerprint density at radius 2 is 2.27 bits per heavy atom. The van der Waals surface area contributed by atoms with Gasteiger partial charge in [0.25, 0.3) is 0 Å². The quantitative estimate of drug-likeness (QED) is 0.731. The molecule has 0 aromatic carbocycles. The second-order valence-corrected chi connectivity index (χ2v) is 4.50. The first-order valence-electron chi connectivity index (χ1n) is 5.78. The number of hydrogen-bond acceptors (Lipinski definition) is 3. The molecule has 0 aliphatic carbocycles. The maximum absolute atomic E-state index is 11.2. The number of carboxylic acid groups (broad SMARTS) is 1. The van der Waals surface area contributed by atoms with E-state index < -0.39 is 5.97 Å². The van der Waals surface area contributed by atoms with Crippen molar-refractivity contribution in [2.24, 2.45) is 0 Å². The van der Waals surface area contributed by atoms with Crippen LogP contribution in [0.2, 0.25) is 0 Å². The highest BCUT2D eigenvalue weighted by atomic mass is 16.4. The van der Waals surface area contributed by atoms with Crippen molar-refractivity contribution in [3.63, 3.8) is 0 Å². The van der Waals surface area contributed by atoms with Crippen molar-refractivity contribution in [3.8, 4) is 0 Å². The fourth-order valence-corrected chi connectivity index (χ4v) is 2.19. The van der Waals surface area contributed by atoms with Crippen LogP contribution in [0.5, 0.6) is 0 Å². The fraction of sp³-hybridized carbons (Fsp3) is 0.909. The molecule has 2 N–H and O–H groups in total. The Morgan fingerprint density at radius 3 is 2.80 bits per heavy atom. The molecule has 1 heterocycles. The Morgan fingerprint density at radius 1 is 1.60 bits per heavy atom. The highest BCUT2D eigenvalue weighted by Crippen LogP contribution is 2.15. The first kappa shape index (κ1) is 12.5. The van der Waals surface area contributed by atoms with Crippen molar-refractivity contribution < 1.29 is 9.90 Å². The van der Waals surface area contributed by atoms with Gasteiger partial charge in [-0.25, -0.2) is 0 Å². The van der Waals surface area contributed by atoms with Crippen LogP contribution in [-0.2, 0) is 4.79 Å². The summed E-state index contributed by atoms with van der Waals surface area (Å²) in [6, 6.07) is 0.392. The molecule has 0 spiro atoms. The summed E-state index contributed by atoms with van der Waals surface area (Å²) in [6.45, 7) is 7.94. The monoisotopic (exact) mass is 214 g/mol. The minimum atomic E-state index is -0.683. The summed E-state index contributed by atoms with van der Waals surface area (Å²) in [4.78, 5) is 13.3. The highest BCUT2D eigenvalue weighted by Gasteiger charge is 2.32. The molecule has 3 atom stereocenters. The number of nitrogens with one attached hydrogen (secondary N) is 1. The van der Waals surface area contributed by atoms with Crippen LogP contribution in [0.15, 0.2) is 0 Å². The zero-order valence-corrected chi connectivity index (χ0v) is 9.86. The summed E-state index contributed by atoms with van der Waals surface area (Å²) < 4.78 is 0. The molecule has 3 unspecified atom stereocenters. The van der Waals surface area contributed by atoms with Gasteiger partial charge in [0.15, 0.2) is 0 Å². The molecule has 1 saturated heterocycles. The van der Waals surface area contributed by atoms with Gasteiger partial charge in [-0.15, -0.1) is 0 Å². The summed E-state index contributed by atoms with van der Waals surface area (Å²) in [5.74, 6) is -0.683. The normalized spacial score (nSPS) is 30.1. The predicted octanol–water partition coefficient (Wildman–Crippen LogP) is 0.922. The molecule has 4 nitrogen and oxygen atoms in total. The van der Waals surface area contributed by atoms with Crippen molar-refractivity contribution in [1.29, 1.82) is 0 Å². The Bertz CT molecular complexity index is 221. The average Bonchev–Trinajstić information content (AvgIpc) is 2.18. The van der Waals surface area contributed by atoms with E-state index in [4.69, 9.17) is 0 Å². The Balaban J connectivity index is 2.67. The lowest BCUT2D eigenvalue weighted by molar-refractivity contribution is -0.145. The molecule has 0 aromatic heterocycles. The van der Waals surface area contributed by atoms with Gasteiger partial charge in [0.05, 0.1) is 0 Å². The maximum Gasteiger partial charge on any atom is 0.320 e. The lowest BCUT2D eigenvalue weighted by atomic mass is 10.0. The summed E-state index contributed by atoms with van der Waals surface area (Å²) in [6.07, 6.45) is 1.66. The van der Waals surface area contributed by atoms with Crippen molar-refractivity contribution in [2.45, 2.75) is 51.7 Å². The van der Waals surface area contributed by atoms with E-state index in [1.54, 1.807) is 0 Å². The molecular formula is C11H22N2O2. The van der Waals surface area contributed by atoms with Gasteiger partial charge < -0.3 is 10.4 Å². The van der Waals surface area contributed by atoms with Gasteiger partial charge in [0.1, 0.15) is 6.04 Å². The van der Waals surface area contributed by atoms with Gasteiger partial charge in [-0.2, -0.15) is 0 Å². The zero-order valence-electron chi connectivity index (χ0n) is 9.86. The Hall–Kier alpha value is -0.610. The van der Waals surface area contributed by atoms with Crippen LogP contribution in [-0.4, -0.2) is 47.2 Å². The third kappa shape index (κ3) is 3.18. The smallest absolute Gasteiger partial charge is 0.320 e.